The number of aliphatic carboxylic acids is 1. The summed E-state index contributed by atoms with van der Waals surface area (Å²) >= 11 is 0.552. The number of thiophene rings is 1. The summed E-state index contributed by atoms with van der Waals surface area (Å²) in [6.45, 7) is 1.77. The van der Waals surface area contributed by atoms with Crippen LogP contribution in [0.25, 0.3) is 0 Å². The van der Waals surface area contributed by atoms with Gasteiger partial charge in [-0.2, -0.15) is 0 Å². The Bertz CT molecular complexity index is 514. The maximum Gasteiger partial charge on any atom is 0.333 e. The molecule has 0 amide bonds. The Kier molecular flexibility index (Phi) is 4.75. The van der Waals surface area contributed by atoms with Crippen LogP contribution in [-0.4, -0.2) is 27.0 Å². The number of nitro groups is 2. The van der Waals surface area contributed by atoms with Crippen LogP contribution in [0, 0.1) is 20.2 Å². The molecule has 19 heavy (non-hydrogen) atoms. The predicted molar refractivity (Wildman–Crippen MR) is 67.6 cm³/mol. The lowest BCUT2D eigenvalue weighted by molar-refractivity contribution is -0.389. The molecule has 0 aliphatic heterocycles. The van der Waals surface area contributed by atoms with Gasteiger partial charge in [0.1, 0.15) is 12.1 Å². The van der Waals surface area contributed by atoms with Gasteiger partial charge in [-0.3, -0.25) is 20.2 Å². The molecule has 0 saturated carbocycles. The van der Waals surface area contributed by atoms with E-state index in [4.69, 9.17) is 5.11 Å². The summed E-state index contributed by atoms with van der Waals surface area (Å²) in [5, 5.41) is 32.3. The van der Waals surface area contributed by atoms with Crippen LogP contribution in [0.1, 0.15) is 19.8 Å². The second-order valence-electron chi connectivity index (χ2n) is 3.64. The van der Waals surface area contributed by atoms with Crippen molar-refractivity contribution in [3.63, 3.8) is 0 Å². The predicted octanol–water partition coefficient (Wildman–Crippen LogP) is 2.23. The fourth-order valence-corrected chi connectivity index (χ4v) is 2.30. The summed E-state index contributed by atoms with van der Waals surface area (Å²) in [6, 6.07) is -0.195. The maximum atomic E-state index is 11.0. The van der Waals surface area contributed by atoms with Crippen LogP contribution in [0.4, 0.5) is 15.7 Å². The van der Waals surface area contributed by atoms with Crippen LogP contribution in [-0.2, 0) is 4.79 Å². The minimum Gasteiger partial charge on any atom is -0.480 e. The second kappa shape index (κ2) is 6.09. The van der Waals surface area contributed by atoms with Crippen LogP contribution in [0.3, 0.4) is 0 Å². The van der Waals surface area contributed by atoms with Crippen molar-refractivity contribution in [3.05, 3.63) is 26.3 Å². The third-order valence-electron chi connectivity index (χ3n) is 2.26. The summed E-state index contributed by atoms with van der Waals surface area (Å²) in [7, 11) is 0. The summed E-state index contributed by atoms with van der Waals surface area (Å²) in [4.78, 5) is 30.8. The number of rotatable bonds is 7. The highest BCUT2D eigenvalue weighted by molar-refractivity contribution is 7.19. The van der Waals surface area contributed by atoms with E-state index in [1.807, 2.05) is 0 Å². The van der Waals surface area contributed by atoms with E-state index in [9.17, 15) is 25.0 Å². The average Bonchev–Trinajstić information content (AvgIpc) is 2.72. The molecule has 2 N–H and O–H groups in total. The quantitative estimate of drug-likeness (QED) is 0.580. The second-order valence-corrected chi connectivity index (χ2v) is 4.67. The Morgan fingerprint density at radius 2 is 2.11 bits per heavy atom. The Hall–Kier alpha value is -2.23. The highest BCUT2D eigenvalue weighted by Crippen LogP contribution is 2.39. The van der Waals surface area contributed by atoms with E-state index in [0.29, 0.717) is 17.8 Å². The van der Waals surface area contributed by atoms with E-state index in [2.05, 4.69) is 5.32 Å². The van der Waals surface area contributed by atoms with Gasteiger partial charge in [-0.15, -0.1) is 0 Å². The normalized spacial score (nSPS) is 11.8. The Morgan fingerprint density at radius 3 is 2.53 bits per heavy atom. The SMILES string of the molecule is CCCC(Nc1sc([N+](=O)[O-])cc1[N+](=O)[O-])C(=O)O. The first-order chi connectivity index (χ1) is 8.86. The summed E-state index contributed by atoms with van der Waals surface area (Å²) in [5.41, 5.74) is -0.487. The van der Waals surface area contributed by atoms with Gasteiger partial charge in [0.2, 0.25) is 0 Å². The fraction of sp³-hybridized carbons (Fsp3) is 0.444. The van der Waals surface area contributed by atoms with Crippen LogP contribution >= 0.6 is 11.3 Å². The van der Waals surface area contributed by atoms with Crippen molar-refractivity contribution < 1.29 is 19.7 Å². The van der Waals surface area contributed by atoms with Crippen molar-refractivity contribution in [2.75, 3.05) is 5.32 Å². The molecule has 104 valence electrons. The van der Waals surface area contributed by atoms with E-state index < -0.39 is 32.5 Å². The lowest BCUT2D eigenvalue weighted by Crippen LogP contribution is -2.28. The molecule has 1 aromatic rings. The molecule has 1 atom stereocenters. The van der Waals surface area contributed by atoms with Gasteiger partial charge in [0.25, 0.3) is 0 Å². The zero-order chi connectivity index (χ0) is 14.6. The lowest BCUT2D eigenvalue weighted by Gasteiger charge is -2.12. The first-order valence-electron chi connectivity index (χ1n) is 5.28. The standard InChI is InChI=1S/C9H11N3O6S/c1-2-3-5(9(13)14)10-8-6(11(15)16)4-7(19-8)12(17)18/h4-5,10H,2-3H2,1H3,(H,13,14). The van der Waals surface area contributed by atoms with Crippen LogP contribution in [0.5, 0.6) is 0 Å². The third-order valence-corrected chi connectivity index (χ3v) is 3.26. The van der Waals surface area contributed by atoms with Crippen molar-refractivity contribution in [2.24, 2.45) is 0 Å². The van der Waals surface area contributed by atoms with Gasteiger partial charge in [-0.05, 0) is 17.8 Å². The molecule has 0 fully saturated rings. The molecule has 0 aliphatic carbocycles. The van der Waals surface area contributed by atoms with Crippen LogP contribution in [0.2, 0.25) is 0 Å². The number of carbonyl (C=O) groups is 1. The Balaban J connectivity index is 3.07. The zero-order valence-corrected chi connectivity index (χ0v) is 10.7. The van der Waals surface area contributed by atoms with Crippen LogP contribution in [0.15, 0.2) is 6.07 Å². The van der Waals surface area contributed by atoms with Crippen molar-refractivity contribution in [1.82, 2.24) is 0 Å². The van der Waals surface area contributed by atoms with Crippen molar-refractivity contribution in [3.8, 4) is 0 Å². The van der Waals surface area contributed by atoms with E-state index in [1.54, 1.807) is 6.92 Å². The van der Waals surface area contributed by atoms with Gasteiger partial charge in [0.15, 0.2) is 5.00 Å². The van der Waals surface area contributed by atoms with Crippen LogP contribution < -0.4 is 5.32 Å². The number of anilines is 1. The van der Waals surface area contributed by atoms with Gasteiger partial charge >= 0.3 is 16.7 Å². The van der Waals surface area contributed by atoms with Gasteiger partial charge < -0.3 is 10.4 Å². The molecule has 9 nitrogen and oxygen atoms in total. The molecule has 0 spiro atoms. The summed E-state index contributed by atoms with van der Waals surface area (Å²) < 4.78 is 0. The maximum absolute atomic E-state index is 11.0. The highest BCUT2D eigenvalue weighted by atomic mass is 32.1. The zero-order valence-electron chi connectivity index (χ0n) is 9.86. The molecule has 0 bridgehead atoms. The minimum absolute atomic E-state index is 0.113. The van der Waals surface area contributed by atoms with Gasteiger partial charge in [-0.25, -0.2) is 4.79 Å². The summed E-state index contributed by atoms with van der Waals surface area (Å²) in [5.74, 6) is -1.16. The average molecular weight is 289 g/mol. The molecule has 1 rings (SSSR count). The molecular formula is C9H11N3O6S. The first-order valence-corrected chi connectivity index (χ1v) is 6.10. The van der Waals surface area contributed by atoms with E-state index in [-0.39, 0.29) is 11.4 Å². The van der Waals surface area contributed by atoms with E-state index in [0.717, 1.165) is 6.07 Å². The highest BCUT2D eigenvalue weighted by Gasteiger charge is 2.28. The van der Waals surface area contributed by atoms with E-state index in [1.165, 1.54) is 0 Å². The summed E-state index contributed by atoms with van der Waals surface area (Å²) in [6.07, 6.45) is 0.823. The lowest BCUT2D eigenvalue weighted by atomic mass is 10.2. The van der Waals surface area contributed by atoms with Gasteiger partial charge in [0, 0.05) is 0 Å². The molecule has 10 heteroatoms. The fourth-order valence-electron chi connectivity index (χ4n) is 1.40. The van der Waals surface area contributed by atoms with Gasteiger partial charge in [0.05, 0.1) is 9.85 Å². The molecule has 1 heterocycles. The van der Waals surface area contributed by atoms with Crippen molar-refractivity contribution in [2.45, 2.75) is 25.8 Å². The van der Waals surface area contributed by atoms with Gasteiger partial charge in [-0.1, -0.05) is 13.3 Å². The molecule has 0 saturated heterocycles. The monoisotopic (exact) mass is 289 g/mol. The number of hydrogen-bond acceptors (Lipinski definition) is 7. The molecular weight excluding hydrogens is 278 g/mol. The number of nitrogens with one attached hydrogen (secondary N) is 1. The molecule has 0 aliphatic rings. The Morgan fingerprint density at radius 1 is 1.47 bits per heavy atom. The van der Waals surface area contributed by atoms with Crippen molar-refractivity contribution >= 4 is 33.0 Å². The number of nitrogens with zero attached hydrogens (tertiary/aromatic N) is 2. The minimum atomic E-state index is -1.16. The van der Waals surface area contributed by atoms with E-state index >= 15 is 0 Å². The molecule has 0 radical (unpaired) electrons. The Labute approximate surface area is 111 Å². The third kappa shape index (κ3) is 3.61. The molecule has 1 unspecified atom stereocenters. The topological polar surface area (TPSA) is 136 Å². The number of carboxylic acids is 1. The smallest absolute Gasteiger partial charge is 0.333 e. The number of carboxylic acid groups (broad SMARTS) is 1. The largest absolute Gasteiger partial charge is 0.480 e. The first kappa shape index (κ1) is 14.8. The number of hydrogen-bond donors (Lipinski definition) is 2. The molecule has 1 aromatic heterocycles. The molecule has 0 aromatic carbocycles. The van der Waals surface area contributed by atoms with Crippen molar-refractivity contribution in [1.29, 1.82) is 0 Å².